The van der Waals surface area contributed by atoms with E-state index >= 15 is 0 Å². The van der Waals surface area contributed by atoms with Crippen LogP contribution >= 0.6 is 0 Å². The highest BCUT2D eigenvalue weighted by Gasteiger charge is 2.22. The summed E-state index contributed by atoms with van der Waals surface area (Å²) in [6, 6.07) is 2.50. The maximum Gasteiger partial charge on any atom is 0.0738 e. The molecule has 82 valence electrons. The van der Waals surface area contributed by atoms with Gasteiger partial charge in [0.25, 0.3) is 0 Å². The lowest BCUT2D eigenvalue weighted by molar-refractivity contribution is 0.276. The molecule has 0 radical (unpaired) electrons. The van der Waals surface area contributed by atoms with Crippen LogP contribution in [0.15, 0.2) is 18.5 Å². The second-order valence-corrected chi connectivity index (χ2v) is 4.24. The summed E-state index contributed by atoms with van der Waals surface area (Å²) < 4.78 is 0. The first-order chi connectivity index (χ1) is 7.18. The van der Waals surface area contributed by atoms with Crippen LogP contribution in [0.1, 0.15) is 6.92 Å². The van der Waals surface area contributed by atoms with Crippen LogP contribution in [-0.2, 0) is 0 Å². The lowest BCUT2D eigenvalue weighted by Crippen LogP contribution is -2.50. The molecule has 1 aromatic heterocycles. The molecule has 1 atom stereocenters. The molecule has 1 aliphatic rings. The molecule has 0 amide bonds. The number of nitrogen functional groups attached to an aromatic ring is 1. The summed E-state index contributed by atoms with van der Waals surface area (Å²) in [5, 5.41) is 0. The Bertz CT molecular complexity index is 339. The fourth-order valence-electron chi connectivity index (χ4n) is 2.16. The molecule has 2 rings (SSSR count). The number of nitrogens with zero attached hydrogens (tertiary/aromatic N) is 3. The SMILES string of the molecule is CC1CN(C)CCN1c1ccncc1N. The van der Waals surface area contributed by atoms with Crippen molar-refractivity contribution in [2.45, 2.75) is 13.0 Å². The van der Waals surface area contributed by atoms with Crippen molar-refractivity contribution >= 4 is 11.4 Å². The number of rotatable bonds is 1. The van der Waals surface area contributed by atoms with Crippen molar-refractivity contribution < 1.29 is 0 Å². The second-order valence-electron chi connectivity index (χ2n) is 4.24. The van der Waals surface area contributed by atoms with Crippen LogP contribution in [-0.4, -0.2) is 42.6 Å². The third kappa shape index (κ3) is 2.04. The van der Waals surface area contributed by atoms with Crippen LogP contribution in [0.25, 0.3) is 0 Å². The fraction of sp³-hybridized carbons (Fsp3) is 0.545. The summed E-state index contributed by atoms with van der Waals surface area (Å²) in [5.74, 6) is 0. The van der Waals surface area contributed by atoms with Crippen molar-refractivity contribution in [3.8, 4) is 0 Å². The van der Waals surface area contributed by atoms with Gasteiger partial charge in [-0.05, 0) is 20.0 Å². The van der Waals surface area contributed by atoms with Gasteiger partial charge in [0, 0.05) is 31.9 Å². The van der Waals surface area contributed by atoms with Crippen molar-refractivity contribution in [1.29, 1.82) is 0 Å². The molecule has 1 unspecified atom stereocenters. The summed E-state index contributed by atoms with van der Waals surface area (Å²) in [5.41, 5.74) is 7.82. The van der Waals surface area contributed by atoms with Gasteiger partial charge in [0.1, 0.15) is 0 Å². The standard InChI is InChI=1S/C11H18N4/c1-9-8-14(2)5-6-15(9)11-3-4-13-7-10(11)12/h3-4,7,9H,5-6,8,12H2,1-2H3. The molecule has 4 nitrogen and oxygen atoms in total. The minimum Gasteiger partial charge on any atom is -0.396 e. The Morgan fingerprint density at radius 1 is 1.47 bits per heavy atom. The highest BCUT2D eigenvalue weighted by atomic mass is 15.3. The van der Waals surface area contributed by atoms with Gasteiger partial charge in [-0.3, -0.25) is 4.98 Å². The van der Waals surface area contributed by atoms with Gasteiger partial charge in [-0.1, -0.05) is 0 Å². The molecule has 4 heteroatoms. The topological polar surface area (TPSA) is 45.4 Å². The predicted molar refractivity (Wildman–Crippen MR) is 63.0 cm³/mol. The summed E-state index contributed by atoms with van der Waals surface area (Å²) in [4.78, 5) is 8.72. The van der Waals surface area contributed by atoms with E-state index in [0.29, 0.717) is 6.04 Å². The Morgan fingerprint density at radius 2 is 2.27 bits per heavy atom. The number of anilines is 2. The number of pyridine rings is 1. The Kier molecular flexibility index (Phi) is 2.77. The Hall–Kier alpha value is -1.29. The van der Waals surface area contributed by atoms with Gasteiger partial charge in [0.15, 0.2) is 0 Å². The van der Waals surface area contributed by atoms with Gasteiger partial charge in [0.2, 0.25) is 0 Å². The minimum absolute atomic E-state index is 0.508. The number of hydrogen-bond acceptors (Lipinski definition) is 4. The van der Waals surface area contributed by atoms with Gasteiger partial charge in [-0.15, -0.1) is 0 Å². The molecule has 15 heavy (non-hydrogen) atoms. The minimum atomic E-state index is 0.508. The molecule has 0 aromatic carbocycles. The van der Waals surface area contributed by atoms with Crippen LogP contribution in [0, 0.1) is 0 Å². The maximum atomic E-state index is 5.93. The average molecular weight is 206 g/mol. The van der Waals surface area contributed by atoms with E-state index in [2.05, 4.69) is 28.8 Å². The first kappa shape index (κ1) is 10.2. The van der Waals surface area contributed by atoms with Gasteiger partial charge >= 0.3 is 0 Å². The third-order valence-corrected chi connectivity index (χ3v) is 2.97. The molecule has 1 aromatic rings. The van der Waals surface area contributed by atoms with Crippen LogP contribution in [0.3, 0.4) is 0 Å². The van der Waals surface area contributed by atoms with Gasteiger partial charge in [-0.2, -0.15) is 0 Å². The van der Waals surface area contributed by atoms with Crippen molar-refractivity contribution in [2.24, 2.45) is 0 Å². The van der Waals surface area contributed by atoms with E-state index in [1.54, 1.807) is 12.4 Å². The largest absolute Gasteiger partial charge is 0.396 e. The van der Waals surface area contributed by atoms with E-state index in [9.17, 15) is 0 Å². The smallest absolute Gasteiger partial charge is 0.0738 e. The Balaban J connectivity index is 2.20. The van der Waals surface area contributed by atoms with Crippen LogP contribution in [0.5, 0.6) is 0 Å². The maximum absolute atomic E-state index is 5.93. The molecule has 2 N–H and O–H groups in total. The summed E-state index contributed by atoms with van der Waals surface area (Å²) in [6.45, 7) is 5.44. The lowest BCUT2D eigenvalue weighted by atomic mass is 10.1. The van der Waals surface area contributed by atoms with E-state index in [0.717, 1.165) is 31.0 Å². The molecular formula is C11H18N4. The highest BCUT2D eigenvalue weighted by molar-refractivity contribution is 5.66. The molecule has 1 aliphatic heterocycles. The fourth-order valence-corrected chi connectivity index (χ4v) is 2.16. The normalized spacial score (nSPS) is 23.1. The van der Waals surface area contributed by atoms with Gasteiger partial charge < -0.3 is 15.5 Å². The molecule has 0 bridgehead atoms. The zero-order chi connectivity index (χ0) is 10.8. The molecule has 1 fully saturated rings. The van der Waals surface area contributed by atoms with Crippen molar-refractivity contribution in [2.75, 3.05) is 37.3 Å². The third-order valence-electron chi connectivity index (χ3n) is 2.97. The molecule has 0 saturated carbocycles. The number of likely N-dealkylation sites (N-methyl/N-ethyl adjacent to an activating group) is 1. The number of hydrogen-bond donors (Lipinski definition) is 1. The zero-order valence-electron chi connectivity index (χ0n) is 9.35. The summed E-state index contributed by atoms with van der Waals surface area (Å²) >= 11 is 0. The quantitative estimate of drug-likeness (QED) is 0.738. The Labute approximate surface area is 90.7 Å². The van der Waals surface area contributed by atoms with Crippen molar-refractivity contribution in [3.05, 3.63) is 18.5 Å². The monoisotopic (exact) mass is 206 g/mol. The van der Waals surface area contributed by atoms with Crippen molar-refractivity contribution in [3.63, 3.8) is 0 Å². The van der Waals surface area contributed by atoms with Crippen LogP contribution < -0.4 is 10.6 Å². The van der Waals surface area contributed by atoms with E-state index in [1.165, 1.54) is 0 Å². The van der Waals surface area contributed by atoms with E-state index < -0.39 is 0 Å². The lowest BCUT2D eigenvalue weighted by Gasteiger charge is -2.40. The van der Waals surface area contributed by atoms with Gasteiger partial charge in [0.05, 0.1) is 17.6 Å². The molecular weight excluding hydrogens is 188 g/mol. The molecule has 2 heterocycles. The average Bonchev–Trinajstić information content (AvgIpc) is 2.20. The second kappa shape index (κ2) is 4.06. The summed E-state index contributed by atoms with van der Waals surface area (Å²) in [6.07, 6.45) is 3.52. The van der Waals surface area contributed by atoms with Crippen molar-refractivity contribution in [1.82, 2.24) is 9.88 Å². The van der Waals surface area contributed by atoms with E-state index in [1.807, 2.05) is 6.07 Å². The highest BCUT2D eigenvalue weighted by Crippen LogP contribution is 2.25. The molecule has 0 spiro atoms. The predicted octanol–water partition coefficient (Wildman–Crippen LogP) is 0.804. The Morgan fingerprint density at radius 3 is 2.93 bits per heavy atom. The zero-order valence-corrected chi connectivity index (χ0v) is 9.35. The molecule has 0 aliphatic carbocycles. The van der Waals surface area contributed by atoms with E-state index in [-0.39, 0.29) is 0 Å². The van der Waals surface area contributed by atoms with E-state index in [4.69, 9.17) is 5.73 Å². The molecule has 1 saturated heterocycles. The summed E-state index contributed by atoms with van der Waals surface area (Å²) in [7, 11) is 2.16. The number of aromatic nitrogens is 1. The first-order valence-electron chi connectivity index (χ1n) is 5.33. The first-order valence-corrected chi connectivity index (χ1v) is 5.33. The van der Waals surface area contributed by atoms with Gasteiger partial charge in [-0.25, -0.2) is 0 Å². The number of nitrogens with two attached hydrogens (primary N) is 1. The number of piperazine rings is 1. The van der Waals surface area contributed by atoms with Crippen LogP contribution in [0.2, 0.25) is 0 Å². The van der Waals surface area contributed by atoms with Crippen LogP contribution in [0.4, 0.5) is 11.4 Å².